The van der Waals surface area contributed by atoms with Gasteiger partial charge >= 0.3 is 0 Å². The zero-order valence-corrected chi connectivity index (χ0v) is 8.21. The van der Waals surface area contributed by atoms with E-state index in [0.29, 0.717) is 18.5 Å². The van der Waals surface area contributed by atoms with Crippen LogP contribution in [0.25, 0.3) is 0 Å². The molecule has 1 aliphatic rings. The van der Waals surface area contributed by atoms with Gasteiger partial charge in [0.1, 0.15) is 6.10 Å². The predicted molar refractivity (Wildman–Crippen MR) is 54.1 cm³/mol. The van der Waals surface area contributed by atoms with Gasteiger partial charge in [-0.05, 0) is 18.6 Å². The van der Waals surface area contributed by atoms with Gasteiger partial charge in [-0.1, -0.05) is 18.2 Å². The average molecular weight is 207 g/mol. The lowest BCUT2D eigenvalue weighted by Gasteiger charge is -2.21. The smallest absolute Gasteiger partial charge is 0.255 e. The maximum absolute atomic E-state index is 11.9. The van der Waals surface area contributed by atoms with Crippen molar-refractivity contribution >= 4 is 5.91 Å². The molecule has 0 bridgehead atoms. The standard InChI is InChI=1S/C11H13NO3/c13-9-6-7-12(11(9)15)10(14)8-4-2-1-3-5-8/h1-5,9,11,13,15H,6-7H2. The summed E-state index contributed by atoms with van der Waals surface area (Å²) in [4.78, 5) is 13.1. The summed E-state index contributed by atoms with van der Waals surface area (Å²) in [5.74, 6) is -0.236. The monoisotopic (exact) mass is 207 g/mol. The molecule has 0 spiro atoms. The van der Waals surface area contributed by atoms with Crippen molar-refractivity contribution in [2.75, 3.05) is 6.54 Å². The zero-order chi connectivity index (χ0) is 10.8. The molecule has 2 rings (SSSR count). The summed E-state index contributed by atoms with van der Waals surface area (Å²) >= 11 is 0. The van der Waals surface area contributed by atoms with E-state index in [2.05, 4.69) is 0 Å². The number of nitrogens with zero attached hydrogens (tertiary/aromatic N) is 1. The normalized spacial score (nSPS) is 25.6. The van der Waals surface area contributed by atoms with Gasteiger partial charge in [-0.2, -0.15) is 0 Å². The summed E-state index contributed by atoms with van der Waals surface area (Å²) < 4.78 is 0. The Morgan fingerprint density at radius 3 is 2.47 bits per heavy atom. The first-order valence-corrected chi connectivity index (χ1v) is 4.92. The van der Waals surface area contributed by atoms with Crippen molar-refractivity contribution in [3.05, 3.63) is 35.9 Å². The number of hydrogen-bond donors (Lipinski definition) is 2. The van der Waals surface area contributed by atoms with Crippen LogP contribution >= 0.6 is 0 Å². The lowest BCUT2D eigenvalue weighted by molar-refractivity contribution is -0.0261. The average Bonchev–Trinajstić information content (AvgIpc) is 2.60. The minimum Gasteiger partial charge on any atom is -0.388 e. The maximum Gasteiger partial charge on any atom is 0.255 e. The van der Waals surface area contributed by atoms with Crippen LogP contribution in [0.1, 0.15) is 16.8 Å². The summed E-state index contributed by atoms with van der Waals surface area (Å²) in [7, 11) is 0. The molecule has 0 aliphatic carbocycles. The number of hydrogen-bond acceptors (Lipinski definition) is 3. The van der Waals surface area contributed by atoms with Crippen LogP contribution in [0.2, 0.25) is 0 Å². The van der Waals surface area contributed by atoms with Crippen molar-refractivity contribution in [2.24, 2.45) is 0 Å². The quantitative estimate of drug-likeness (QED) is 0.692. The van der Waals surface area contributed by atoms with E-state index in [0.717, 1.165) is 0 Å². The summed E-state index contributed by atoms with van der Waals surface area (Å²) in [5.41, 5.74) is 0.533. The van der Waals surface area contributed by atoms with Gasteiger partial charge in [-0.15, -0.1) is 0 Å². The second kappa shape index (κ2) is 4.00. The van der Waals surface area contributed by atoms with Gasteiger partial charge in [-0.3, -0.25) is 4.79 Å². The minimum absolute atomic E-state index is 0.236. The van der Waals surface area contributed by atoms with Crippen LogP contribution in [0.4, 0.5) is 0 Å². The van der Waals surface area contributed by atoms with Crippen molar-refractivity contribution in [3.63, 3.8) is 0 Å². The number of carbonyl (C=O) groups is 1. The van der Waals surface area contributed by atoms with Gasteiger partial charge in [0, 0.05) is 12.1 Å². The number of amides is 1. The van der Waals surface area contributed by atoms with Crippen molar-refractivity contribution in [1.82, 2.24) is 4.90 Å². The Morgan fingerprint density at radius 2 is 1.93 bits per heavy atom. The van der Waals surface area contributed by atoms with Crippen LogP contribution in [0.15, 0.2) is 30.3 Å². The van der Waals surface area contributed by atoms with Gasteiger partial charge in [0.05, 0.1) is 0 Å². The molecule has 2 unspecified atom stereocenters. The fourth-order valence-corrected chi connectivity index (χ4v) is 1.73. The van der Waals surface area contributed by atoms with Gasteiger partial charge in [0.15, 0.2) is 6.23 Å². The minimum atomic E-state index is -1.07. The highest BCUT2D eigenvalue weighted by Gasteiger charge is 2.34. The van der Waals surface area contributed by atoms with Gasteiger partial charge < -0.3 is 15.1 Å². The molecule has 1 saturated heterocycles. The van der Waals surface area contributed by atoms with Crippen molar-refractivity contribution in [3.8, 4) is 0 Å². The molecule has 80 valence electrons. The summed E-state index contributed by atoms with van der Waals surface area (Å²) in [6.45, 7) is 0.399. The number of carbonyl (C=O) groups excluding carboxylic acids is 1. The molecule has 1 amide bonds. The molecular formula is C11H13NO3. The van der Waals surface area contributed by atoms with E-state index < -0.39 is 12.3 Å². The second-order valence-electron chi connectivity index (χ2n) is 3.63. The zero-order valence-electron chi connectivity index (χ0n) is 8.21. The van der Waals surface area contributed by atoms with Crippen molar-refractivity contribution < 1.29 is 15.0 Å². The molecule has 15 heavy (non-hydrogen) atoms. The molecule has 1 aromatic rings. The molecule has 0 saturated carbocycles. The van der Waals surface area contributed by atoms with E-state index >= 15 is 0 Å². The third-order valence-electron chi connectivity index (χ3n) is 2.61. The SMILES string of the molecule is O=C(c1ccccc1)N1CCC(O)C1O. The molecule has 2 N–H and O–H groups in total. The lowest BCUT2D eigenvalue weighted by atomic mass is 10.2. The Hall–Kier alpha value is -1.39. The van der Waals surface area contributed by atoms with Crippen LogP contribution in [0.3, 0.4) is 0 Å². The topological polar surface area (TPSA) is 60.8 Å². The largest absolute Gasteiger partial charge is 0.388 e. The number of benzene rings is 1. The Kier molecular flexibility index (Phi) is 2.70. The first-order chi connectivity index (χ1) is 7.20. The molecule has 0 radical (unpaired) electrons. The van der Waals surface area contributed by atoms with E-state index in [1.807, 2.05) is 6.07 Å². The van der Waals surface area contributed by atoms with E-state index in [1.54, 1.807) is 24.3 Å². The van der Waals surface area contributed by atoms with E-state index in [-0.39, 0.29) is 5.91 Å². The molecule has 2 atom stereocenters. The van der Waals surface area contributed by atoms with Crippen LogP contribution in [0, 0.1) is 0 Å². The molecule has 4 nitrogen and oxygen atoms in total. The highest BCUT2D eigenvalue weighted by atomic mass is 16.3. The van der Waals surface area contributed by atoms with Gasteiger partial charge in [0.25, 0.3) is 5.91 Å². The predicted octanol–water partition coefficient (Wildman–Crippen LogP) is 0.212. The van der Waals surface area contributed by atoms with Crippen LogP contribution < -0.4 is 0 Å². The first kappa shape index (κ1) is 10.1. The molecular weight excluding hydrogens is 194 g/mol. The number of likely N-dealkylation sites (tertiary alicyclic amines) is 1. The van der Waals surface area contributed by atoms with Crippen LogP contribution in [-0.4, -0.2) is 39.9 Å². The van der Waals surface area contributed by atoms with Crippen LogP contribution in [0.5, 0.6) is 0 Å². The number of aliphatic hydroxyl groups excluding tert-OH is 2. The van der Waals surface area contributed by atoms with E-state index in [4.69, 9.17) is 0 Å². The van der Waals surface area contributed by atoms with Crippen molar-refractivity contribution in [2.45, 2.75) is 18.8 Å². The van der Waals surface area contributed by atoms with Crippen molar-refractivity contribution in [1.29, 1.82) is 0 Å². The fourth-order valence-electron chi connectivity index (χ4n) is 1.73. The molecule has 1 heterocycles. The summed E-state index contributed by atoms with van der Waals surface area (Å²) in [6, 6.07) is 8.75. The third kappa shape index (κ3) is 1.86. The molecule has 1 fully saturated rings. The van der Waals surface area contributed by atoms with Gasteiger partial charge in [-0.25, -0.2) is 0 Å². The Labute approximate surface area is 87.8 Å². The number of rotatable bonds is 1. The Balaban J connectivity index is 2.16. The second-order valence-corrected chi connectivity index (χ2v) is 3.63. The van der Waals surface area contributed by atoms with E-state index in [9.17, 15) is 15.0 Å². The molecule has 4 heteroatoms. The fraction of sp³-hybridized carbons (Fsp3) is 0.364. The highest BCUT2D eigenvalue weighted by molar-refractivity contribution is 5.94. The Bertz CT molecular complexity index is 352. The lowest BCUT2D eigenvalue weighted by Crippen LogP contribution is -2.39. The molecule has 1 aromatic carbocycles. The Morgan fingerprint density at radius 1 is 1.27 bits per heavy atom. The van der Waals surface area contributed by atoms with Gasteiger partial charge in [0.2, 0.25) is 0 Å². The first-order valence-electron chi connectivity index (χ1n) is 4.92. The van der Waals surface area contributed by atoms with E-state index in [1.165, 1.54) is 4.90 Å². The summed E-state index contributed by atoms with van der Waals surface area (Å²) in [6.07, 6.45) is -1.46. The maximum atomic E-state index is 11.9. The molecule has 0 aromatic heterocycles. The van der Waals surface area contributed by atoms with Crippen LogP contribution in [-0.2, 0) is 0 Å². The molecule has 1 aliphatic heterocycles. The summed E-state index contributed by atoms with van der Waals surface area (Å²) in [5, 5.41) is 18.9. The highest BCUT2D eigenvalue weighted by Crippen LogP contribution is 2.18. The number of aliphatic hydroxyl groups is 2. The third-order valence-corrected chi connectivity index (χ3v) is 2.61.